The summed E-state index contributed by atoms with van der Waals surface area (Å²) in [6.45, 7) is 3.05. The van der Waals surface area contributed by atoms with Crippen LogP contribution < -0.4 is 0 Å². The van der Waals surface area contributed by atoms with Gasteiger partial charge in [-0.25, -0.2) is 12.8 Å². The third kappa shape index (κ3) is 2.35. The number of aliphatic hydroxyl groups is 1. The minimum atomic E-state index is -3.52. The van der Waals surface area contributed by atoms with Crippen molar-refractivity contribution in [1.82, 2.24) is 0 Å². The summed E-state index contributed by atoms with van der Waals surface area (Å²) in [5.74, 6) is -0.781. The fourth-order valence-corrected chi connectivity index (χ4v) is 3.37. The van der Waals surface area contributed by atoms with Crippen molar-refractivity contribution >= 4 is 9.84 Å². The molecule has 0 atom stereocenters. The number of rotatable bonds is 3. The predicted octanol–water partition coefficient (Wildman–Crippen LogP) is 1.99. The minimum absolute atomic E-state index is 0.256. The Hall–Kier alpha value is -0.940. The molecule has 0 aliphatic heterocycles. The first-order chi connectivity index (χ1) is 7.73. The van der Waals surface area contributed by atoms with E-state index in [1.54, 1.807) is 0 Å². The number of benzene rings is 1. The van der Waals surface area contributed by atoms with Gasteiger partial charge in [0.05, 0.1) is 10.9 Å². The summed E-state index contributed by atoms with van der Waals surface area (Å²) in [6, 6.07) is 3.80. The summed E-state index contributed by atoms with van der Waals surface area (Å²) in [7, 11) is -3.52. The van der Waals surface area contributed by atoms with Crippen molar-refractivity contribution in [2.24, 2.45) is 0 Å². The average Bonchev–Trinajstić information content (AvgIpc) is 2.98. The van der Waals surface area contributed by atoms with E-state index in [0.29, 0.717) is 18.4 Å². The lowest BCUT2D eigenvalue weighted by molar-refractivity contribution is 0.0781. The molecule has 1 aromatic carbocycles. The monoisotopic (exact) mass is 258 g/mol. The SMILES string of the molecule is CC(C)(O)c1ccc(S(=O)(=O)C2CC2)c(F)c1. The third-order valence-corrected chi connectivity index (χ3v) is 5.20. The van der Waals surface area contributed by atoms with Crippen LogP contribution in [0.25, 0.3) is 0 Å². The Labute approximate surface area is 100 Å². The highest BCUT2D eigenvalue weighted by molar-refractivity contribution is 7.92. The number of sulfone groups is 1. The van der Waals surface area contributed by atoms with Gasteiger partial charge >= 0.3 is 0 Å². The topological polar surface area (TPSA) is 54.4 Å². The zero-order chi connectivity index (χ0) is 12.8. The Bertz CT molecular complexity index is 539. The first-order valence-corrected chi connectivity index (χ1v) is 7.04. The highest BCUT2D eigenvalue weighted by Crippen LogP contribution is 2.35. The largest absolute Gasteiger partial charge is 0.386 e. The molecule has 5 heteroatoms. The van der Waals surface area contributed by atoms with Crippen molar-refractivity contribution in [2.45, 2.75) is 42.4 Å². The smallest absolute Gasteiger partial charge is 0.184 e. The molecule has 1 N–H and O–H groups in total. The summed E-state index contributed by atoms with van der Waals surface area (Å²) < 4.78 is 37.5. The normalized spacial score (nSPS) is 17.2. The molecule has 3 nitrogen and oxygen atoms in total. The van der Waals surface area contributed by atoms with Gasteiger partial charge in [0, 0.05) is 0 Å². The molecule has 94 valence electrons. The zero-order valence-electron chi connectivity index (χ0n) is 9.77. The number of hydrogen-bond acceptors (Lipinski definition) is 3. The molecule has 0 saturated heterocycles. The first-order valence-electron chi connectivity index (χ1n) is 5.49. The molecule has 0 heterocycles. The van der Waals surface area contributed by atoms with Gasteiger partial charge in [-0.05, 0) is 44.4 Å². The van der Waals surface area contributed by atoms with Crippen LogP contribution in [-0.4, -0.2) is 18.8 Å². The van der Waals surface area contributed by atoms with Crippen LogP contribution in [0.1, 0.15) is 32.3 Å². The second-order valence-corrected chi connectivity index (χ2v) is 7.15. The van der Waals surface area contributed by atoms with Crippen LogP contribution in [0.3, 0.4) is 0 Å². The number of halogens is 1. The van der Waals surface area contributed by atoms with Crippen molar-refractivity contribution in [3.05, 3.63) is 29.6 Å². The van der Waals surface area contributed by atoms with Crippen LogP contribution in [0, 0.1) is 5.82 Å². The Balaban J connectivity index is 2.46. The zero-order valence-corrected chi connectivity index (χ0v) is 10.6. The van der Waals surface area contributed by atoms with Gasteiger partial charge < -0.3 is 5.11 Å². The van der Waals surface area contributed by atoms with Gasteiger partial charge in [0.15, 0.2) is 9.84 Å². The molecule has 0 aromatic heterocycles. The van der Waals surface area contributed by atoms with Gasteiger partial charge in [0.2, 0.25) is 0 Å². The lowest BCUT2D eigenvalue weighted by Gasteiger charge is -2.18. The van der Waals surface area contributed by atoms with E-state index in [1.165, 1.54) is 26.0 Å². The van der Waals surface area contributed by atoms with Gasteiger partial charge in [0.25, 0.3) is 0 Å². The molecule has 1 saturated carbocycles. The van der Waals surface area contributed by atoms with Gasteiger partial charge in [0.1, 0.15) is 10.7 Å². The second kappa shape index (κ2) is 3.78. The van der Waals surface area contributed by atoms with Crippen molar-refractivity contribution in [3.63, 3.8) is 0 Å². The molecule has 2 rings (SSSR count). The van der Waals surface area contributed by atoms with E-state index in [9.17, 15) is 17.9 Å². The molecule has 0 spiro atoms. The van der Waals surface area contributed by atoms with Crippen molar-refractivity contribution in [2.75, 3.05) is 0 Å². The van der Waals surface area contributed by atoms with Crippen molar-refractivity contribution in [1.29, 1.82) is 0 Å². The van der Waals surface area contributed by atoms with Gasteiger partial charge in [-0.15, -0.1) is 0 Å². The molecule has 1 fully saturated rings. The first kappa shape index (κ1) is 12.5. The Morgan fingerprint density at radius 1 is 1.35 bits per heavy atom. The molecule has 1 aliphatic carbocycles. The van der Waals surface area contributed by atoms with E-state index < -0.39 is 26.5 Å². The second-order valence-electron chi connectivity index (χ2n) is 4.95. The van der Waals surface area contributed by atoms with Crippen LogP contribution in [0.15, 0.2) is 23.1 Å². The maximum absolute atomic E-state index is 13.8. The van der Waals surface area contributed by atoms with Crippen LogP contribution in [0.2, 0.25) is 0 Å². The lowest BCUT2D eigenvalue weighted by atomic mass is 9.99. The van der Waals surface area contributed by atoms with Crippen LogP contribution >= 0.6 is 0 Å². The fraction of sp³-hybridized carbons (Fsp3) is 0.500. The van der Waals surface area contributed by atoms with E-state index in [2.05, 4.69) is 0 Å². The van der Waals surface area contributed by atoms with Gasteiger partial charge in [-0.1, -0.05) is 6.07 Å². The standard InChI is InChI=1S/C12H15FO3S/c1-12(2,14)8-3-6-11(10(13)7-8)17(15,16)9-4-5-9/h3,6-7,9,14H,4-5H2,1-2H3. The lowest BCUT2D eigenvalue weighted by Crippen LogP contribution is -2.17. The average molecular weight is 258 g/mol. The fourth-order valence-electron chi connectivity index (χ4n) is 1.67. The maximum Gasteiger partial charge on any atom is 0.184 e. The number of hydrogen-bond donors (Lipinski definition) is 1. The van der Waals surface area contributed by atoms with E-state index in [1.807, 2.05) is 0 Å². The summed E-state index contributed by atoms with van der Waals surface area (Å²) in [6.07, 6.45) is 1.21. The summed E-state index contributed by atoms with van der Waals surface area (Å²) in [5, 5.41) is 9.29. The minimum Gasteiger partial charge on any atom is -0.386 e. The molecule has 1 aromatic rings. The molecule has 0 unspecified atom stereocenters. The molecule has 0 amide bonds. The summed E-state index contributed by atoms with van der Waals surface area (Å²) in [4.78, 5) is -0.256. The molecule has 1 aliphatic rings. The highest BCUT2D eigenvalue weighted by Gasteiger charge is 2.38. The molecular formula is C12H15FO3S. The van der Waals surface area contributed by atoms with Crippen LogP contribution in [0.5, 0.6) is 0 Å². The third-order valence-electron chi connectivity index (χ3n) is 2.91. The Kier molecular flexibility index (Phi) is 2.78. The van der Waals surface area contributed by atoms with E-state index in [-0.39, 0.29) is 4.90 Å². The van der Waals surface area contributed by atoms with Crippen LogP contribution in [0.4, 0.5) is 4.39 Å². The quantitative estimate of drug-likeness (QED) is 0.902. The molecule has 0 radical (unpaired) electrons. The van der Waals surface area contributed by atoms with Gasteiger partial charge in [-0.3, -0.25) is 0 Å². The van der Waals surface area contributed by atoms with Crippen molar-refractivity contribution < 1.29 is 17.9 Å². The van der Waals surface area contributed by atoms with E-state index in [4.69, 9.17) is 0 Å². The van der Waals surface area contributed by atoms with Gasteiger partial charge in [-0.2, -0.15) is 0 Å². The summed E-state index contributed by atoms with van der Waals surface area (Å²) in [5.41, 5.74) is -0.812. The Morgan fingerprint density at radius 2 is 1.94 bits per heavy atom. The highest BCUT2D eigenvalue weighted by atomic mass is 32.2. The van der Waals surface area contributed by atoms with Crippen molar-refractivity contribution in [3.8, 4) is 0 Å². The maximum atomic E-state index is 13.8. The summed E-state index contributed by atoms with van der Waals surface area (Å²) >= 11 is 0. The van der Waals surface area contributed by atoms with E-state index >= 15 is 0 Å². The molecule has 0 bridgehead atoms. The molecular weight excluding hydrogens is 243 g/mol. The van der Waals surface area contributed by atoms with Crippen LogP contribution in [-0.2, 0) is 15.4 Å². The predicted molar refractivity (Wildman–Crippen MR) is 61.9 cm³/mol. The molecule has 17 heavy (non-hydrogen) atoms. The van der Waals surface area contributed by atoms with E-state index in [0.717, 1.165) is 6.07 Å². The Morgan fingerprint density at radius 3 is 2.35 bits per heavy atom.